The molecule has 1 aromatic heterocycles. The molecule has 1 aromatic rings. The molecule has 0 saturated carbocycles. The quantitative estimate of drug-likeness (QED) is 0.854. The Bertz CT molecular complexity index is 506. The number of carbonyl (C=O) groups is 1. The second-order valence-corrected chi connectivity index (χ2v) is 5.93. The highest BCUT2D eigenvalue weighted by Gasteiger charge is 2.36. The molecule has 110 valence electrons. The third kappa shape index (κ3) is 2.94. The van der Waals surface area contributed by atoms with Gasteiger partial charge in [0.2, 0.25) is 0 Å². The van der Waals surface area contributed by atoms with E-state index in [4.69, 9.17) is 11.6 Å². The summed E-state index contributed by atoms with van der Waals surface area (Å²) in [6.07, 6.45) is 2.55. The van der Waals surface area contributed by atoms with Crippen LogP contribution in [0, 0.1) is 12.8 Å². The molecule has 1 fully saturated rings. The molecule has 2 heterocycles. The van der Waals surface area contributed by atoms with Crippen molar-refractivity contribution in [1.29, 1.82) is 0 Å². The average molecular weight is 297 g/mol. The Morgan fingerprint density at radius 1 is 1.50 bits per heavy atom. The van der Waals surface area contributed by atoms with Gasteiger partial charge in [0, 0.05) is 19.1 Å². The summed E-state index contributed by atoms with van der Waals surface area (Å²) in [6.45, 7) is 5.41. The van der Waals surface area contributed by atoms with Crippen LogP contribution in [0.4, 0.5) is 0 Å². The van der Waals surface area contributed by atoms with Gasteiger partial charge in [-0.2, -0.15) is 0 Å². The Morgan fingerprint density at radius 2 is 2.20 bits per heavy atom. The van der Waals surface area contributed by atoms with Crippen LogP contribution in [0.3, 0.4) is 0 Å². The molecule has 20 heavy (non-hydrogen) atoms. The van der Waals surface area contributed by atoms with E-state index in [0.717, 1.165) is 19.5 Å². The highest BCUT2D eigenvalue weighted by atomic mass is 35.5. The standard InChI is InChI=1S/C14H21ClN4O/c1-5-10-7-19(8-12(10)18(3)4)14(20)13-11(15)6-16-9(2)17-13/h6,10,12H,5,7-8H2,1-4H3/t10-,12-/m1/s1. The van der Waals surface area contributed by atoms with Gasteiger partial charge in [0.1, 0.15) is 5.82 Å². The number of amides is 1. The van der Waals surface area contributed by atoms with Crippen molar-refractivity contribution in [3.05, 3.63) is 22.7 Å². The van der Waals surface area contributed by atoms with E-state index in [2.05, 4.69) is 35.9 Å². The van der Waals surface area contributed by atoms with Crippen LogP contribution < -0.4 is 0 Å². The number of aryl methyl sites for hydroxylation is 1. The fourth-order valence-corrected chi connectivity index (χ4v) is 2.93. The van der Waals surface area contributed by atoms with Gasteiger partial charge in [0.05, 0.1) is 11.2 Å². The van der Waals surface area contributed by atoms with Crippen molar-refractivity contribution in [2.75, 3.05) is 27.2 Å². The molecule has 1 amide bonds. The molecule has 0 aliphatic carbocycles. The predicted octanol–water partition coefficient (Wildman–Crippen LogP) is 1.85. The zero-order chi connectivity index (χ0) is 14.9. The minimum absolute atomic E-state index is 0.0942. The van der Waals surface area contributed by atoms with Crippen molar-refractivity contribution in [3.8, 4) is 0 Å². The first-order valence-corrected chi connectivity index (χ1v) is 7.26. The molecular formula is C14H21ClN4O. The lowest BCUT2D eigenvalue weighted by molar-refractivity contribution is 0.0775. The number of aromatic nitrogens is 2. The summed E-state index contributed by atoms with van der Waals surface area (Å²) in [5.41, 5.74) is 0.313. The molecule has 2 atom stereocenters. The number of halogens is 1. The maximum Gasteiger partial charge on any atom is 0.274 e. The zero-order valence-corrected chi connectivity index (χ0v) is 13.2. The number of hydrogen-bond acceptors (Lipinski definition) is 4. The number of rotatable bonds is 3. The monoisotopic (exact) mass is 296 g/mol. The number of likely N-dealkylation sites (tertiary alicyclic amines) is 1. The molecule has 0 aromatic carbocycles. The molecule has 0 spiro atoms. The molecule has 1 aliphatic rings. The molecule has 0 radical (unpaired) electrons. The van der Waals surface area contributed by atoms with Crippen LogP contribution in [0.1, 0.15) is 29.7 Å². The van der Waals surface area contributed by atoms with Gasteiger partial charge in [-0.05, 0) is 26.9 Å². The van der Waals surface area contributed by atoms with Gasteiger partial charge in [-0.15, -0.1) is 0 Å². The molecule has 2 rings (SSSR count). The summed E-state index contributed by atoms with van der Waals surface area (Å²) in [4.78, 5) is 24.8. The molecule has 0 N–H and O–H groups in total. The summed E-state index contributed by atoms with van der Waals surface area (Å²) >= 11 is 6.06. The van der Waals surface area contributed by atoms with Gasteiger partial charge < -0.3 is 9.80 Å². The van der Waals surface area contributed by atoms with Crippen LogP contribution in [-0.4, -0.2) is 58.9 Å². The van der Waals surface area contributed by atoms with E-state index in [1.165, 1.54) is 6.20 Å². The van der Waals surface area contributed by atoms with Crippen LogP contribution >= 0.6 is 11.6 Å². The average Bonchev–Trinajstić information content (AvgIpc) is 2.85. The van der Waals surface area contributed by atoms with Crippen molar-refractivity contribution in [3.63, 3.8) is 0 Å². The van der Waals surface area contributed by atoms with Gasteiger partial charge in [-0.1, -0.05) is 24.9 Å². The second kappa shape index (κ2) is 6.06. The third-order valence-corrected chi connectivity index (χ3v) is 4.23. The molecule has 0 bridgehead atoms. The van der Waals surface area contributed by atoms with Crippen molar-refractivity contribution in [2.45, 2.75) is 26.3 Å². The SMILES string of the molecule is CC[C@@H]1CN(C(=O)c2nc(C)ncc2Cl)C[C@H]1N(C)C. The van der Waals surface area contributed by atoms with Crippen LogP contribution in [0.5, 0.6) is 0 Å². The van der Waals surface area contributed by atoms with Gasteiger partial charge in [0.15, 0.2) is 5.69 Å². The van der Waals surface area contributed by atoms with Gasteiger partial charge >= 0.3 is 0 Å². The number of likely N-dealkylation sites (N-methyl/N-ethyl adjacent to an activating group) is 1. The fraction of sp³-hybridized carbons (Fsp3) is 0.643. The largest absolute Gasteiger partial charge is 0.335 e. The van der Waals surface area contributed by atoms with E-state index >= 15 is 0 Å². The Hall–Kier alpha value is -1.20. The normalized spacial score (nSPS) is 22.6. The van der Waals surface area contributed by atoms with Crippen molar-refractivity contribution >= 4 is 17.5 Å². The van der Waals surface area contributed by atoms with Crippen LogP contribution in [-0.2, 0) is 0 Å². The second-order valence-electron chi connectivity index (χ2n) is 5.52. The summed E-state index contributed by atoms with van der Waals surface area (Å²) in [5.74, 6) is 0.965. The van der Waals surface area contributed by atoms with Gasteiger partial charge in [-0.25, -0.2) is 9.97 Å². The molecule has 6 heteroatoms. The molecule has 0 unspecified atom stereocenters. The first-order valence-electron chi connectivity index (χ1n) is 6.88. The summed E-state index contributed by atoms with van der Waals surface area (Å²) < 4.78 is 0. The maximum atomic E-state index is 12.6. The number of carbonyl (C=O) groups excluding carboxylic acids is 1. The van der Waals surface area contributed by atoms with Gasteiger partial charge in [0.25, 0.3) is 5.91 Å². The fourth-order valence-electron chi connectivity index (χ4n) is 2.76. The third-order valence-electron chi connectivity index (χ3n) is 3.95. The smallest absolute Gasteiger partial charge is 0.274 e. The van der Waals surface area contributed by atoms with Crippen LogP contribution in [0.2, 0.25) is 5.02 Å². The highest BCUT2D eigenvalue weighted by molar-refractivity contribution is 6.33. The Morgan fingerprint density at radius 3 is 2.75 bits per heavy atom. The topological polar surface area (TPSA) is 49.3 Å². The molecule has 5 nitrogen and oxygen atoms in total. The maximum absolute atomic E-state index is 12.6. The first-order chi connectivity index (χ1) is 9.43. The van der Waals surface area contributed by atoms with E-state index < -0.39 is 0 Å². The van der Waals surface area contributed by atoms with Crippen molar-refractivity contribution in [2.24, 2.45) is 5.92 Å². The Kier molecular flexibility index (Phi) is 4.60. The number of hydrogen-bond donors (Lipinski definition) is 0. The lowest BCUT2D eigenvalue weighted by Crippen LogP contribution is -2.36. The van der Waals surface area contributed by atoms with E-state index in [0.29, 0.717) is 28.5 Å². The van der Waals surface area contributed by atoms with E-state index in [-0.39, 0.29) is 5.91 Å². The summed E-state index contributed by atoms with van der Waals surface area (Å²) in [5, 5.41) is 0.321. The van der Waals surface area contributed by atoms with Crippen LogP contribution in [0.15, 0.2) is 6.20 Å². The minimum atomic E-state index is -0.0942. The van der Waals surface area contributed by atoms with E-state index in [9.17, 15) is 4.79 Å². The zero-order valence-electron chi connectivity index (χ0n) is 12.4. The van der Waals surface area contributed by atoms with E-state index in [1.807, 2.05) is 4.90 Å². The number of nitrogens with zero attached hydrogens (tertiary/aromatic N) is 4. The molecule has 1 saturated heterocycles. The van der Waals surface area contributed by atoms with Crippen molar-refractivity contribution in [1.82, 2.24) is 19.8 Å². The van der Waals surface area contributed by atoms with E-state index in [1.54, 1.807) is 6.92 Å². The predicted molar refractivity (Wildman–Crippen MR) is 78.9 cm³/mol. The first kappa shape index (κ1) is 15.2. The lowest BCUT2D eigenvalue weighted by atomic mass is 10.0. The summed E-state index contributed by atoms with van der Waals surface area (Å²) in [7, 11) is 4.12. The Labute approximate surface area is 124 Å². The summed E-state index contributed by atoms with van der Waals surface area (Å²) in [6, 6.07) is 0.394. The molecular weight excluding hydrogens is 276 g/mol. The van der Waals surface area contributed by atoms with Gasteiger partial charge in [-0.3, -0.25) is 4.79 Å². The highest BCUT2D eigenvalue weighted by Crippen LogP contribution is 2.25. The Balaban J connectivity index is 2.20. The minimum Gasteiger partial charge on any atom is -0.335 e. The molecule has 1 aliphatic heterocycles. The van der Waals surface area contributed by atoms with Crippen molar-refractivity contribution < 1.29 is 4.79 Å². The van der Waals surface area contributed by atoms with Crippen LogP contribution in [0.25, 0.3) is 0 Å². The lowest BCUT2D eigenvalue weighted by Gasteiger charge is -2.23.